The number of epoxide rings is 1. The maximum absolute atomic E-state index is 13.3. The fraction of sp³-hybridized carbons (Fsp3) is 0.545. The van der Waals surface area contributed by atoms with Gasteiger partial charge in [0.2, 0.25) is 5.78 Å². The van der Waals surface area contributed by atoms with Crippen LogP contribution in [0.4, 0.5) is 0 Å². The zero-order valence-corrected chi connectivity index (χ0v) is 17.2. The quantitative estimate of drug-likeness (QED) is 0.405. The molecule has 0 N–H and O–H groups in total. The zero-order valence-electron chi connectivity index (χ0n) is 17.2. The second-order valence-corrected chi connectivity index (χ2v) is 8.28. The summed E-state index contributed by atoms with van der Waals surface area (Å²) in [7, 11) is 0. The molecule has 0 saturated carbocycles. The van der Waals surface area contributed by atoms with Gasteiger partial charge in [0.05, 0.1) is 5.92 Å². The third kappa shape index (κ3) is 3.71. The maximum atomic E-state index is 13.3. The van der Waals surface area contributed by atoms with Gasteiger partial charge in [-0.15, -0.1) is 0 Å². The number of hydrogen-bond donors (Lipinski definition) is 0. The number of carbonyl (C=O) groups is 4. The van der Waals surface area contributed by atoms with Crippen molar-refractivity contribution in [3.63, 3.8) is 0 Å². The van der Waals surface area contributed by atoms with Gasteiger partial charge >= 0.3 is 11.9 Å². The number of ketones is 2. The molecule has 1 fully saturated rings. The number of rotatable bonds is 3. The summed E-state index contributed by atoms with van der Waals surface area (Å²) in [6.45, 7) is 13.9. The lowest BCUT2D eigenvalue weighted by atomic mass is 9.79. The lowest BCUT2D eigenvalue weighted by molar-refractivity contribution is -0.157. The van der Waals surface area contributed by atoms with Crippen LogP contribution in [-0.4, -0.2) is 47.4 Å². The van der Waals surface area contributed by atoms with Crippen molar-refractivity contribution in [2.45, 2.75) is 64.4 Å². The highest BCUT2D eigenvalue weighted by Crippen LogP contribution is 2.45. The van der Waals surface area contributed by atoms with Crippen LogP contribution in [0, 0.1) is 11.8 Å². The first-order valence-corrected chi connectivity index (χ1v) is 9.63. The van der Waals surface area contributed by atoms with E-state index in [-0.39, 0.29) is 5.78 Å². The summed E-state index contributed by atoms with van der Waals surface area (Å²) in [5, 5.41) is 0. The second kappa shape index (κ2) is 7.37. The number of Topliss-reactive ketones (excluding diaryl/α,β-unsaturated/α-hetero) is 2. The van der Waals surface area contributed by atoms with Gasteiger partial charge in [0, 0.05) is 18.4 Å². The minimum absolute atomic E-state index is 0.302. The van der Waals surface area contributed by atoms with Gasteiger partial charge in [0.1, 0.15) is 6.10 Å². The molecule has 3 rings (SSSR count). The molecule has 7 nitrogen and oxygen atoms in total. The Labute approximate surface area is 169 Å². The van der Waals surface area contributed by atoms with Crippen molar-refractivity contribution in [2.75, 3.05) is 0 Å². The standard InChI is InChI=1S/C22H26O7/c1-10(2)14-8-7-13-9-15(28-21(13)26)16(11(3)4)17(24)20-22(6,29-20)19(25)18(14)27-12(5)23/h9,14-16,18,20H,1,3,7-8H2,2,4-6H3. The Morgan fingerprint density at radius 3 is 2.38 bits per heavy atom. The van der Waals surface area contributed by atoms with Gasteiger partial charge in [-0.05, 0) is 39.7 Å². The number of esters is 2. The fourth-order valence-electron chi connectivity index (χ4n) is 4.17. The minimum atomic E-state index is -1.41. The van der Waals surface area contributed by atoms with Gasteiger partial charge < -0.3 is 14.2 Å². The van der Waals surface area contributed by atoms with E-state index in [2.05, 4.69) is 13.2 Å². The minimum Gasteiger partial charge on any atom is -0.454 e. The van der Waals surface area contributed by atoms with E-state index in [1.807, 2.05) is 0 Å². The van der Waals surface area contributed by atoms with Crippen LogP contribution in [0.25, 0.3) is 0 Å². The van der Waals surface area contributed by atoms with E-state index in [0.717, 1.165) is 0 Å². The molecule has 156 valence electrons. The summed E-state index contributed by atoms with van der Waals surface area (Å²) >= 11 is 0. The molecule has 0 aromatic rings. The van der Waals surface area contributed by atoms with Crippen molar-refractivity contribution in [2.24, 2.45) is 11.8 Å². The van der Waals surface area contributed by atoms with Crippen LogP contribution in [0.3, 0.4) is 0 Å². The third-order valence-electron chi connectivity index (χ3n) is 5.86. The van der Waals surface area contributed by atoms with Gasteiger partial charge in [-0.25, -0.2) is 4.79 Å². The van der Waals surface area contributed by atoms with Gasteiger partial charge in [0.15, 0.2) is 23.6 Å². The zero-order chi connectivity index (χ0) is 21.7. The lowest BCUT2D eigenvalue weighted by Crippen LogP contribution is -2.44. The average Bonchev–Trinajstić information content (AvgIpc) is 3.18. The van der Waals surface area contributed by atoms with Gasteiger partial charge in [-0.3, -0.25) is 14.4 Å². The number of fused-ring (bicyclic) bond motifs is 2. The molecule has 2 bridgehead atoms. The molecule has 1 saturated heterocycles. The Morgan fingerprint density at radius 2 is 1.83 bits per heavy atom. The van der Waals surface area contributed by atoms with Crippen LogP contribution in [0.15, 0.2) is 36.0 Å². The molecule has 0 spiro atoms. The molecule has 0 amide bonds. The SMILES string of the molecule is C=C(C)C1CCC2=CC(OC2=O)C(C(=C)C)C(=O)C2OC2(C)C(=O)C1OC(C)=O. The van der Waals surface area contributed by atoms with E-state index in [0.29, 0.717) is 29.6 Å². The van der Waals surface area contributed by atoms with Crippen LogP contribution in [-0.2, 0) is 33.4 Å². The van der Waals surface area contributed by atoms with E-state index in [1.54, 1.807) is 19.9 Å². The maximum Gasteiger partial charge on any atom is 0.334 e. The molecule has 0 aromatic carbocycles. The molecule has 0 aromatic heterocycles. The molecule has 29 heavy (non-hydrogen) atoms. The first kappa shape index (κ1) is 21.2. The van der Waals surface area contributed by atoms with Gasteiger partial charge in [-0.1, -0.05) is 24.3 Å². The predicted molar refractivity (Wildman–Crippen MR) is 103 cm³/mol. The summed E-state index contributed by atoms with van der Waals surface area (Å²) in [4.78, 5) is 50.5. The lowest BCUT2D eigenvalue weighted by Gasteiger charge is -2.28. The first-order chi connectivity index (χ1) is 13.5. The molecule has 6 atom stereocenters. The van der Waals surface area contributed by atoms with Gasteiger partial charge in [-0.2, -0.15) is 0 Å². The summed E-state index contributed by atoms with van der Waals surface area (Å²) < 4.78 is 16.4. The highest BCUT2D eigenvalue weighted by atomic mass is 16.6. The molecule has 2 aliphatic heterocycles. The highest BCUT2D eigenvalue weighted by Gasteiger charge is 2.66. The molecule has 7 heteroatoms. The monoisotopic (exact) mass is 402 g/mol. The van der Waals surface area contributed by atoms with Crippen LogP contribution < -0.4 is 0 Å². The second-order valence-electron chi connectivity index (χ2n) is 8.28. The molecular weight excluding hydrogens is 376 g/mol. The predicted octanol–water partition coefficient (Wildman–Crippen LogP) is 2.24. The molecule has 3 aliphatic rings. The van der Waals surface area contributed by atoms with E-state index < -0.39 is 53.5 Å². The van der Waals surface area contributed by atoms with Crippen molar-refractivity contribution in [1.82, 2.24) is 0 Å². The fourth-order valence-corrected chi connectivity index (χ4v) is 4.17. The van der Waals surface area contributed by atoms with Crippen molar-refractivity contribution < 1.29 is 33.4 Å². The van der Waals surface area contributed by atoms with E-state index in [1.165, 1.54) is 13.8 Å². The van der Waals surface area contributed by atoms with Gasteiger partial charge in [0.25, 0.3) is 0 Å². The topological polar surface area (TPSA) is 99.3 Å². The van der Waals surface area contributed by atoms with Crippen LogP contribution >= 0.6 is 0 Å². The normalized spacial score (nSPS) is 36.8. The van der Waals surface area contributed by atoms with Crippen LogP contribution in [0.1, 0.15) is 40.5 Å². The summed E-state index contributed by atoms with van der Waals surface area (Å²) in [5.41, 5.74) is 0.169. The molecule has 0 radical (unpaired) electrons. The Balaban J connectivity index is 2.07. The Hall–Kier alpha value is -2.54. The highest BCUT2D eigenvalue weighted by molar-refractivity contribution is 6.05. The van der Waals surface area contributed by atoms with Crippen molar-refractivity contribution in [3.8, 4) is 0 Å². The number of hydrogen-bond acceptors (Lipinski definition) is 7. The van der Waals surface area contributed by atoms with Crippen molar-refractivity contribution in [3.05, 3.63) is 36.0 Å². The van der Waals surface area contributed by atoms with E-state index in [9.17, 15) is 19.2 Å². The average molecular weight is 402 g/mol. The number of ether oxygens (including phenoxy) is 3. The molecular formula is C22H26O7. The van der Waals surface area contributed by atoms with E-state index in [4.69, 9.17) is 14.2 Å². The Bertz CT molecular complexity index is 851. The summed E-state index contributed by atoms with van der Waals surface area (Å²) in [6.07, 6.45) is -0.618. The third-order valence-corrected chi connectivity index (χ3v) is 5.86. The van der Waals surface area contributed by atoms with Crippen molar-refractivity contribution >= 4 is 23.5 Å². The Kier molecular flexibility index (Phi) is 5.38. The molecule has 6 unspecified atom stereocenters. The number of carbonyl (C=O) groups excluding carboxylic acids is 4. The molecule has 2 heterocycles. The summed E-state index contributed by atoms with van der Waals surface area (Å²) in [6, 6.07) is 0. The Morgan fingerprint density at radius 1 is 1.17 bits per heavy atom. The largest absolute Gasteiger partial charge is 0.454 e. The summed E-state index contributed by atoms with van der Waals surface area (Å²) in [5.74, 6) is -3.30. The van der Waals surface area contributed by atoms with Crippen LogP contribution in [0.2, 0.25) is 0 Å². The van der Waals surface area contributed by atoms with Crippen LogP contribution in [0.5, 0.6) is 0 Å². The van der Waals surface area contributed by atoms with Crippen molar-refractivity contribution in [1.29, 1.82) is 0 Å². The smallest absolute Gasteiger partial charge is 0.334 e. The molecule has 1 aliphatic carbocycles. The first-order valence-electron chi connectivity index (χ1n) is 9.63. The van der Waals surface area contributed by atoms with E-state index >= 15 is 0 Å².